The van der Waals surface area contributed by atoms with Gasteiger partial charge >= 0.3 is 0 Å². The van der Waals surface area contributed by atoms with Crippen molar-refractivity contribution >= 4 is 11.4 Å². The van der Waals surface area contributed by atoms with Gasteiger partial charge in [0.15, 0.2) is 0 Å². The minimum Gasteiger partial charge on any atom is -0.348 e. The van der Waals surface area contributed by atoms with Crippen LogP contribution in [0.25, 0.3) is 0 Å². The molecule has 0 amide bonds. The average molecular weight is 181 g/mol. The summed E-state index contributed by atoms with van der Waals surface area (Å²) in [7, 11) is 0. The number of hydrogen-bond donors (Lipinski definition) is 1. The Morgan fingerprint density at radius 3 is 2.64 bits per heavy atom. The molecule has 2 aromatic rings. The van der Waals surface area contributed by atoms with Gasteiger partial charge in [-0.05, 0) is 36.8 Å². The van der Waals surface area contributed by atoms with Crippen LogP contribution >= 0.6 is 0 Å². The van der Waals surface area contributed by atoms with E-state index in [1.165, 1.54) is 5.56 Å². The average Bonchev–Trinajstić information content (AvgIpc) is 2.23. The summed E-state index contributed by atoms with van der Waals surface area (Å²) < 4.78 is 0. The first kappa shape index (κ1) is 8.65. The van der Waals surface area contributed by atoms with Crippen molar-refractivity contribution in [1.82, 2.24) is 0 Å². The van der Waals surface area contributed by atoms with Crippen LogP contribution in [0.3, 0.4) is 0 Å². The molecule has 14 heavy (non-hydrogen) atoms. The van der Waals surface area contributed by atoms with Gasteiger partial charge in [0.25, 0.3) is 0 Å². The van der Waals surface area contributed by atoms with Gasteiger partial charge in [0.05, 0.1) is 5.69 Å². The summed E-state index contributed by atoms with van der Waals surface area (Å²) in [6.45, 7) is 2.08. The molecule has 0 bridgehead atoms. The minimum absolute atomic E-state index is 0.946. The van der Waals surface area contributed by atoms with E-state index in [-0.39, 0.29) is 0 Å². The fraction of sp³-hybridized carbons (Fsp3) is 0.0769. The normalized spacial score (nSPS) is 9.21. The highest BCUT2D eigenvalue weighted by Crippen LogP contribution is 2.17. The second-order valence-corrected chi connectivity index (χ2v) is 3.15. The number of anilines is 2. The maximum Gasteiger partial charge on any atom is 0.0901 e. The van der Waals surface area contributed by atoms with E-state index in [1.807, 2.05) is 30.3 Å². The summed E-state index contributed by atoms with van der Waals surface area (Å²) in [6, 6.07) is 19.8. The molecule has 0 radical (unpaired) electrons. The fourth-order valence-electron chi connectivity index (χ4n) is 1.28. The summed E-state index contributed by atoms with van der Waals surface area (Å²) in [5, 5.41) is 3.29. The Labute approximate surface area is 84.4 Å². The third kappa shape index (κ3) is 1.86. The largest absolute Gasteiger partial charge is 0.348 e. The standard InChI is InChI=1S/C13H11N/c1-11-7-5-6-10-13(11)14-12-8-3-2-4-9-12/h2-3,5-8,10,14H,1H3. The highest BCUT2D eigenvalue weighted by atomic mass is 14.9. The van der Waals surface area contributed by atoms with Crippen LogP contribution in [0.5, 0.6) is 0 Å². The van der Waals surface area contributed by atoms with Crippen LogP contribution < -0.4 is 5.32 Å². The van der Waals surface area contributed by atoms with Gasteiger partial charge in [0.1, 0.15) is 0 Å². The molecule has 0 aromatic heterocycles. The lowest BCUT2D eigenvalue weighted by atomic mass is 10.2. The topological polar surface area (TPSA) is 12.0 Å². The highest BCUT2D eigenvalue weighted by Gasteiger charge is 1.95. The van der Waals surface area contributed by atoms with Crippen LogP contribution in [0, 0.1) is 19.1 Å². The predicted molar refractivity (Wildman–Crippen MR) is 58.6 cm³/mol. The van der Waals surface area contributed by atoms with Gasteiger partial charge in [0, 0.05) is 5.69 Å². The van der Waals surface area contributed by atoms with Crippen LogP contribution in [0.15, 0.2) is 42.5 Å². The molecule has 2 aromatic carbocycles. The van der Waals surface area contributed by atoms with Gasteiger partial charge in [-0.15, -0.1) is 0 Å². The van der Waals surface area contributed by atoms with Gasteiger partial charge in [-0.25, -0.2) is 0 Å². The van der Waals surface area contributed by atoms with Crippen molar-refractivity contribution in [2.75, 3.05) is 5.32 Å². The van der Waals surface area contributed by atoms with E-state index >= 15 is 0 Å². The van der Waals surface area contributed by atoms with Gasteiger partial charge in [-0.2, -0.15) is 0 Å². The molecule has 0 aliphatic heterocycles. The smallest absolute Gasteiger partial charge is 0.0901 e. The summed E-state index contributed by atoms with van der Waals surface area (Å²) >= 11 is 0. The lowest BCUT2D eigenvalue weighted by Gasteiger charge is -2.06. The van der Waals surface area contributed by atoms with Crippen molar-refractivity contribution in [3.8, 4) is 0 Å². The Bertz CT molecular complexity index is 407. The highest BCUT2D eigenvalue weighted by molar-refractivity contribution is 5.61. The Morgan fingerprint density at radius 1 is 1.07 bits per heavy atom. The molecule has 1 heteroatoms. The zero-order chi connectivity index (χ0) is 9.80. The van der Waals surface area contributed by atoms with Crippen molar-refractivity contribution in [3.63, 3.8) is 0 Å². The molecule has 68 valence electrons. The van der Waals surface area contributed by atoms with E-state index in [9.17, 15) is 0 Å². The monoisotopic (exact) mass is 181 g/mol. The predicted octanol–water partition coefficient (Wildman–Crippen LogP) is 3.34. The maximum absolute atomic E-state index is 3.29. The van der Waals surface area contributed by atoms with Crippen LogP contribution in [0.4, 0.5) is 11.4 Å². The zero-order valence-corrected chi connectivity index (χ0v) is 8.04. The van der Waals surface area contributed by atoms with E-state index in [2.05, 4.69) is 36.5 Å². The van der Waals surface area contributed by atoms with E-state index in [4.69, 9.17) is 0 Å². The van der Waals surface area contributed by atoms with Gasteiger partial charge in [-0.1, -0.05) is 30.3 Å². The number of nitrogens with one attached hydrogen (secondary N) is 1. The Kier molecular flexibility index (Phi) is 2.38. The lowest BCUT2D eigenvalue weighted by Crippen LogP contribution is -1.91. The Balaban J connectivity index is 2.24. The second kappa shape index (κ2) is 3.85. The molecule has 0 atom stereocenters. The molecule has 1 N–H and O–H groups in total. The maximum atomic E-state index is 3.29. The van der Waals surface area contributed by atoms with Crippen molar-refractivity contribution in [1.29, 1.82) is 0 Å². The second-order valence-electron chi connectivity index (χ2n) is 3.15. The first-order chi connectivity index (χ1) is 6.86. The van der Waals surface area contributed by atoms with Crippen LogP contribution in [-0.4, -0.2) is 0 Å². The van der Waals surface area contributed by atoms with Gasteiger partial charge in [0.2, 0.25) is 0 Å². The Hall–Kier alpha value is -1.94. The molecule has 1 nitrogen and oxygen atoms in total. The van der Waals surface area contributed by atoms with Crippen molar-refractivity contribution < 1.29 is 0 Å². The first-order valence-corrected chi connectivity index (χ1v) is 4.57. The summed E-state index contributed by atoms with van der Waals surface area (Å²) in [5.74, 6) is 0. The summed E-state index contributed by atoms with van der Waals surface area (Å²) in [6.07, 6.45) is 0. The first-order valence-electron chi connectivity index (χ1n) is 4.57. The molecule has 0 unspecified atom stereocenters. The van der Waals surface area contributed by atoms with E-state index in [1.54, 1.807) is 0 Å². The van der Waals surface area contributed by atoms with Crippen LogP contribution in [-0.2, 0) is 0 Å². The third-order valence-corrected chi connectivity index (χ3v) is 2.06. The van der Waals surface area contributed by atoms with E-state index < -0.39 is 0 Å². The van der Waals surface area contributed by atoms with Crippen molar-refractivity contribution in [2.24, 2.45) is 0 Å². The van der Waals surface area contributed by atoms with Gasteiger partial charge < -0.3 is 5.32 Å². The molecule has 2 rings (SSSR count). The molecule has 0 fully saturated rings. The molecule has 0 aliphatic rings. The van der Waals surface area contributed by atoms with Gasteiger partial charge in [-0.3, -0.25) is 0 Å². The molecule has 0 saturated heterocycles. The molecule has 0 heterocycles. The number of benzene rings is 1. The number of para-hydroxylation sites is 1. The molecule has 0 saturated carbocycles. The zero-order valence-electron chi connectivity index (χ0n) is 8.04. The SMILES string of the molecule is Cc1ccccc1Nc1c#cccc1. The van der Waals surface area contributed by atoms with E-state index in [0.717, 1.165) is 11.4 Å². The number of aryl methyl sites for hydroxylation is 1. The lowest BCUT2D eigenvalue weighted by molar-refractivity contribution is 1.43. The Morgan fingerprint density at radius 2 is 1.93 bits per heavy atom. The molecular weight excluding hydrogens is 170 g/mol. The van der Waals surface area contributed by atoms with Crippen LogP contribution in [0.1, 0.15) is 5.56 Å². The summed E-state index contributed by atoms with van der Waals surface area (Å²) in [5.41, 5.74) is 3.29. The molecular formula is C13H11N. The quantitative estimate of drug-likeness (QED) is 0.749. The molecule has 0 aliphatic carbocycles. The van der Waals surface area contributed by atoms with E-state index in [0.29, 0.717) is 0 Å². The van der Waals surface area contributed by atoms with Crippen LogP contribution in [0.2, 0.25) is 0 Å². The van der Waals surface area contributed by atoms with Crippen molar-refractivity contribution in [3.05, 3.63) is 60.2 Å². The fourth-order valence-corrected chi connectivity index (χ4v) is 1.28. The summed E-state index contributed by atoms with van der Waals surface area (Å²) in [4.78, 5) is 0. The molecule has 0 spiro atoms. The van der Waals surface area contributed by atoms with Crippen molar-refractivity contribution in [2.45, 2.75) is 6.92 Å². The third-order valence-electron chi connectivity index (χ3n) is 2.06. The minimum atomic E-state index is 0.946. The number of hydrogen-bond acceptors (Lipinski definition) is 1. The number of rotatable bonds is 2.